The third-order valence-electron chi connectivity index (χ3n) is 3.87. The van der Waals surface area contributed by atoms with Gasteiger partial charge >= 0.3 is 6.03 Å². The van der Waals surface area contributed by atoms with Gasteiger partial charge in [-0.05, 0) is 43.5 Å². The van der Waals surface area contributed by atoms with Gasteiger partial charge in [-0.15, -0.1) is 0 Å². The van der Waals surface area contributed by atoms with Crippen LogP contribution in [0.25, 0.3) is 0 Å². The first-order valence-electron chi connectivity index (χ1n) is 6.26. The van der Waals surface area contributed by atoms with E-state index in [0.717, 1.165) is 11.1 Å². The van der Waals surface area contributed by atoms with Crippen molar-refractivity contribution in [3.05, 3.63) is 35.1 Å². The molecule has 19 heavy (non-hydrogen) atoms. The van der Waals surface area contributed by atoms with E-state index in [1.54, 1.807) is 19.9 Å². The van der Waals surface area contributed by atoms with Gasteiger partial charge in [0.25, 0.3) is 5.91 Å². The van der Waals surface area contributed by atoms with Crippen LogP contribution in [0, 0.1) is 12.7 Å². The highest BCUT2D eigenvalue weighted by Gasteiger charge is 2.47. The molecule has 1 aromatic rings. The first-order valence-corrected chi connectivity index (χ1v) is 6.26. The summed E-state index contributed by atoms with van der Waals surface area (Å²) in [6.45, 7) is 5.69. The van der Waals surface area contributed by atoms with Crippen molar-refractivity contribution in [1.29, 1.82) is 0 Å². The number of halogens is 1. The Labute approximate surface area is 111 Å². The maximum atomic E-state index is 13.1. The van der Waals surface area contributed by atoms with Crippen LogP contribution in [0.4, 0.5) is 9.18 Å². The highest BCUT2D eigenvalue weighted by Crippen LogP contribution is 2.28. The number of rotatable bonds is 3. The number of hydrogen-bond donors (Lipinski definition) is 1. The molecule has 0 spiro atoms. The summed E-state index contributed by atoms with van der Waals surface area (Å²) in [5.41, 5.74) is 0.772. The molecule has 5 heteroatoms. The summed E-state index contributed by atoms with van der Waals surface area (Å²) in [6, 6.07) is 4.05. The number of imide groups is 1. The predicted molar refractivity (Wildman–Crippen MR) is 68.9 cm³/mol. The lowest BCUT2D eigenvalue weighted by molar-refractivity contribution is -0.126. The second kappa shape index (κ2) is 4.64. The van der Waals surface area contributed by atoms with E-state index in [1.807, 2.05) is 6.92 Å². The second-order valence-corrected chi connectivity index (χ2v) is 5.04. The minimum Gasteiger partial charge on any atom is -0.306 e. The standard InChI is InChI=1S/C14H17FN2O2/c1-4-14(3)12(18)16-13(19)17(14)8-10-5-6-11(15)7-9(10)2/h5-7H,4,8H2,1-3H3,(H,16,18,19). The quantitative estimate of drug-likeness (QED) is 0.852. The molecular weight excluding hydrogens is 247 g/mol. The van der Waals surface area contributed by atoms with Gasteiger partial charge in [-0.1, -0.05) is 13.0 Å². The molecule has 1 heterocycles. The molecule has 3 amide bonds. The zero-order valence-corrected chi connectivity index (χ0v) is 11.3. The van der Waals surface area contributed by atoms with Crippen molar-refractivity contribution < 1.29 is 14.0 Å². The second-order valence-electron chi connectivity index (χ2n) is 5.04. The number of aryl methyl sites for hydroxylation is 1. The van der Waals surface area contributed by atoms with Crippen molar-refractivity contribution in [1.82, 2.24) is 10.2 Å². The molecule has 0 bridgehead atoms. The Kier molecular flexibility index (Phi) is 3.30. The molecule has 2 rings (SSSR count). The summed E-state index contributed by atoms with van der Waals surface area (Å²) in [5, 5.41) is 2.33. The van der Waals surface area contributed by atoms with Crippen LogP contribution in [0.3, 0.4) is 0 Å². The van der Waals surface area contributed by atoms with E-state index >= 15 is 0 Å². The van der Waals surface area contributed by atoms with Gasteiger partial charge in [0.15, 0.2) is 0 Å². The van der Waals surface area contributed by atoms with E-state index < -0.39 is 11.6 Å². The Hall–Kier alpha value is -1.91. The molecule has 1 saturated heterocycles. The number of urea groups is 1. The topological polar surface area (TPSA) is 49.4 Å². The smallest absolute Gasteiger partial charge is 0.306 e. The van der Waals surface area contributed by atoms with Gasteiger partial charge in [0, 0.05) is 6.54 Å². The third-order valence-corrected chi connectivity index (χ3v) is 3.87. The number of carbonyl (C=O) groups excluding carboxylic acids is 2. The lowest BCUT2D eigenvalue weighted by Crippen LogP contribution is -2.46. The number of hydrogen-bond acceptors (Lipinski definition) is 2. The van der Waals surface area contributed by atoms with E-state index in [0.29, 0.717) is 13.0 Å². The fourth-order valence-corrected chi connectivity index (χ4v) is 2.25. The fraction of sp³-hybridized carbons (Fsp3) is 0.429. The minimum absolute atomic E-state index is 0.278. The molecule has 1 unspecified atom stereocenters. The molecule has 1 fully saturated rings. The molecule has 1 atom stereocenters. The van der Waals surface area contributed by atoms with E-state index in [2.05, 4.69) is 5.32 Å². The van der Waals surface area contributed by atoms with Crippen molar-refractivity contribution in [3.63, 3.8) is 0 Å². The SMILES string of the molecule is CCC1(C)C(=O)NC(=O)N1Cc1ccc(F)cc1C. The minimum atomic E-state index is -0.835. The number of benzene rings is 1. The first kappa shape index (κ1) is 13.5. The van der Waals surface area contributed by atoms with Crippen molar-refractivity contribution in [2.45, 2.75) is 39.3 Å². The number of nitrogens with zero attached hydrogens (tertiary/aromatic N) is 1. The Balaban J connectivity index is 2.31. The molecular formula is C14H17FN2O2. The average molecular weight is 264 g/mol. The van der Waals surface area contributed by atoms with Crippen molar-refractivity contribution in [2.24, 2.45) is 0 Å². The van der Waals surface area contributed by atoms with E-state index in [4.69, 9.17) is 0 Å². The molecule has 102 valence electrons. The zero-order valence-electron chi connectivity index (χ0n) is 11.3. The largest absolute Gasteiger partial charge is 0.325 e. The molecule has 0 radical (unpaired) electrons. The van der Waals surface area contributed by atoms with E-state index in [1.165, 1.54) is 17.0 Å². The van der Waals surface area contributed by atoms with Gasteiger partial charge in [-0.3, -0.25) is 10.1 Å². The molecule has 1 N–H and O–H groups in total. The molecule has 1 aliphatic rings. The predicted octanol–water partition coefficient (Wildman–Crippen LogP) is 2.35. The fourth-order valence-electron chi connectivity index (χ4n) is 2.25. The van der Waals surface area contributed by atoms with Gasteiger partial charge in [-0.25, -0.2) is 9.18 Å². The number of nitrogens with one attached hydrogen (secondary N) is 1. The highest BCUT2D eigenvalue weighted by molar-refractivity contribution is 6.06. The maximum Gasteiger partial charge on any atom is 0.325 e. The van der Waals surface area contributed by atoms with Crippen molar-refractivity contribution in [3.8, 4) is 0 Å². The normalized spacial score (nSPS) is 22.8. The Morgan fingerprint density at radius 3 is 2.63 bits per heavy atom. The van der Waals surface area contributed by atoms with Gasteiger partial charge < -0.3 is 4.90 Å². The summed E-state index contributed by atoms with van der Waals surface area (Å²) in [5.74, 6) is -0.582. The van der Waals surface area contributed by atoms with Gasteiger partial charge in [0.2, 0.25) is 0 Å². The maximum absolute atomic E-state index is 13.1. The number of amides is 3. The summed E-state index contributed by atoms with van der Waals surface area (Å²) < 4.78 is 13.1. The van der Waals surface area contributed by atoms with Gasteiger partial charge in [-0.2, -0.15) is 0 Å². The number of carbonyl (C=O) groups is 2. The summed E-state index contributed by atoms with van der Waals surface area (Å²) in [7, 11) is 0. The monoisotopic (exact) mass is 264 g/mol. The lowest BCUT2D eigenvalue weighted by Gasteiger charge is -2.31. The Morgan fingerprint density at radius 2 is 2.05 bits per heavy atom. The highest BCUT2D eigenvalue weighted by atomic mass is 19.1. The molecule has 0 aromatic heterocycles. The zero-order chi connectivity index (χ0) is 14.2. The summed E-state index contributed by atoms with van der Waals surface area (Å²) >= 11 is 0. The first-order chi connectivity index (χ1) is 8.88. The molecule has 4 nitrogen and oxygen atoms in total. The summed E-state index contributed by atoms with van der Waals surface area (Å²) in [4.78, 5) is 25.2. The Bertz CT molecular complexity index is 544. The van der Waals surface area contributed by atoms with Crippen molar-refractivity contribution >= 4 is 11.9 Å². The molecule has 1 aromatic carbocycles. The molecule has 1 aliphatic heterocycles. The van der Waals surface area contributed by atoms with Gasteiger partial charge in [0.05, 0.1) is 0 Å². The van der Waals surface area contributed by atoms with Crippen LogP contribution < -0.4 is 5.32 Å². The molecule has 0 aliphatic carbocycles. The van der Waals surface area contributed by atoms with Crippen LogP contribution in [-0.4, -0.2) is 22.4 Å². The molecule has 0 saturated carbocycles. The van der Waals surface area contributed by atoms with Crippen LogP contribution in [0.1, 0.15) is 31.4 Å². The van der Waals surface area contributed by atoms with Crippen LogP contribution in [-0.2, 0) is 11.3 Å². The van der Waals surface area contributed by atoms with Crippen LogP contribution in [0.15, 0.2) is 18.2 Å². The van der Waals surface area contributed by atoms with Crippen LogP contribution in [0.5, 0.6) is 0 Å². The lowest BCUT2D eigenvalue weighted by atomic mass is 9.96. The van der Waals surface area contributed by atoms with Crippen molar-refractivity contribution in [2.75, 3.05) is 0 Å². The van der Waals surface area contributed by atoms with E-state index in [-0.39, 0.29) is 11.7 Å². The average Bonchev–Trinajstić information content (AvgIpc) is 2.56. The summed E-state index contributed by atoms with van der Waals surface area (Å²) in [6.07, 6.45) is 0.533. The van der Waals surface area contributed by atoms with Gasteiger partial charge in [0.1, 0.15) is 11.4 Å². The van der Waals surface area contributed by atoms with E-state index in [9.17, 15) is 14.0 Å². The Morgan fingerprint density at radius 1 is 1.37 bits per heavy atom. The van der Waals surface area contributed by atoms with Crippen LogP contribution in [0.2, 0.25) is 0 Å². The van der Waals surface area contributed by atoms with Crippen LogP contribution >= 0.6 is 0 Å². The third kappa shape index (κ3) is 2.20.